The van der Waals surface area contributed by atoms with Crippen LogP contribution in [0.5, 0.6) is 0 Å². The summed E-state index contributed by atoms with van der Waals surface area (Å²) < 4.78 is 27.6. The van der Waals surface area contributed by atoms with E-state index >= 15 is 0 Å². The van der Waals surface area contributed by atoms with Gasteiger partial charge in [0.1, 0.15) is 0 Å². The molecule has 0 aromatic rings. The van der Waals surface area contributed by atoms with Gasteiger partial charge in [-0.15, -0.1) is 0 Å². The zero-order valence-electron chi connectivity index (χ0n) is 13.0. The average molecular weight is 324 g/mol. The SMILES string of the molecule is CCCCOCCOCCOCCS(=O)C(C)CC(=O)O. The van der Waals surface area contributed by atoms with E-state index in [1.54, 1.807) is 6.92 Å². The van der Waals surface area contributed by atoms with Crippen molar-refractivity contribution in [3.8, 4) is 0 Å². The minimum absolute atomic E-state index is 0.0756. The Morgan fingerprint density at radius 3 is 2.10 bits per heavy atom. The van der Waals surface area contributed by atoms with Crippen LogP contribution >= 0.6 is 0 Å². The predicted octanol–water partition coefficient (Wildman–Crippen LogP) is 1.45. The summed E-state index contributed by atoms with van der Waals surface area (Å²) in [5.74, 6) is -0.569. The second kappa shape index (κ2) is 14.4. The van der Waals surface area contributed by atoms with Crippen LogP contribution in [0.25, 0.3) is 0 Å². The average Bonchev–Trinajstić information content (AvgIpc) is 2.43. The van der Waals surface area contributed by atoms with Crippen LogP contribution in [0.2, 0.25) is 0 Å². The summed E-state index contributed by atoms with van der Waals surface area (Å²) in [6.07, 6.45) is 2.12. The Bertz CT molecular complexity index is 285. The van der Waals surface area contributed by atoms with Crippen LogP contribution < -0.4 is 0 Å². The number of unbranched alkanes of at least 4 members (excludes halogenated alkanes) is 1. The molecule has 6 nitrogen and oxygen atoms in total. The first-order valence-electron chi connectivity index (χ1n) is 7.40. The number of rotatable bonds is 15. The lowest BCUT2D eigenvalue weighted by molar-refractivity contribution is -0.136. The predicted molar refractivity (Wildman–Crippen MR) is 82.1 cm³/mol. The van der Waals surface area contributed by atoms with Crippen molar-refractivity contribution in [2.45, 2.75) is 38.4 Å². The van der Waals surface area contributed by atoms with E-state index in [2.05, 4.69) is 6.92 Å². The van der Waals surface area contributed by atoms with Gasteiger partial charge in [-0.3, -0.25) is 9.00 Å². The highest BCUT2D eigenvalue weighted by atomic mass is 32.2. The molecule has 0 radical (unpaired) electrons. The number of carboxylic acid groups (broad SMARTS) is 1. The van der Waals surface area contributed by atoms with Crippen LogP contribution in [-0.4, -0.2) is 65.9 Å². The van der Waals surface area contributed by atoms with Gasteiger partial charge in [0.15, 0.2) is 0 Å². The van der Waals surface area contributed by atoms with Crippen LogP contribution in [0.4, 0.5) is 0 Å². The Kier molecular flexibility index (Phi) is 14.1. The quantitative estimate of drug-likeness (QED) is 0.459. The smallest absolute Gasteiger partial charge is 0.304 e. The van der Waals surface area contributed by atoms with Gasteiger partial charge in [0.2, 0.25) is 0 Å². The fourth-order valence-corrected chi connectivity index (χ4v) is 2.48. The molecule has 0 aromatic carbocycles. The van der Waals surface area contributed by atoms with Gasteiger partial charge in [0.25, 0.3) is 0 Å². The van der Waals surface area contributed by atoms with Gasteiger partial charge in [0.05, 0.1) is 39.5 Å². The minimum Gasteiger partial charge on any atom is -0.481 e. The van der Waals surface area contributed by atoms with E-state index in [9.17, 15) is 9.00 Å². The van der Waals surface area contributed by atoms with E-state index in [0.717, 1.165) is 19.4 Å². The summed E-state index contributed by atoms with van der Waals surface area (Å²) in [4.78, 5) is 10.5. The second-order valence-electron chi connectivity index (χ2n) is 4.68. The summed E-state index contributed by atoms with van der Waals surface area (Å²) in [6, 6.07) is 0. The summed E-state index contributed by atoms with van der Waals surface area (Å²) in [5, 5.41) is 8.26. The molecule has 7 heteroatoms. The Labute approximate surface area is 129 Å². The van der Waals surface area contributed by atoms with Crippen molar-refractivity contribution in [1.29, 1.82) is 0 Å². The van der Waals surface area contributed by atoms with Crippen LogP contribution in [-0.2, 0) is 29.8 Å². The van der Waals surface area contributed by atoms with Crippen LogP contribution in [0.15, 0.2) is 0 Å². The van der Waals surface area contributed by atoms with Crippen molar-refractivity contribution in [3.63, 3.8) is 0 Å². The molecule has 0 aliphatic carbocycles. The van der Waals surface area contributed by atoms with Gasteiger partial charge in [-0.25, -0.2) is 0 Å². The molecule has 21 heavy (non-hydrogen) atoms. The number of hydrogen-bond donors (Lipinski definition) is 1. The molecule has 0 amide bonds. The molecule has 0 fully saturated rings. The molecule has 0 aliphatic rings. The molecule has 0 bridgehead atoms. The number of carbonyl (C=O) groups is 1. The number of aliphatic carboxylic acids is 1. The van der Waals surface area contributed by atoms with Crippen molar-refractivity contribution in [2.75, 3.05) is 45.4 Å². The maximum atomic E-state index is 11.7. The molecule has 0 saturated carbocycles. The van der Waals surface area contributed by atoms with E-state index in [1.165, 1.54) is 0 Å². The Hall–Kier alpha value is -0.500. The molecular weight excluding hydrogens is 296 g/mol. The molecule has 0 aliphatic heterocycles. The third-order valence-corrected chi connectivity index (χ3v) is 4.36. The van der Waals surface area contributed by atoms with Crippen LogP contribution in [0, 0.1) is 0 Å². The summed E-state index contributed by atoms with van der Waals surface area (Å²) in [5.41, 5.74) is 0. The Balaban J connectivity index is 3.28. The Morgan fingerprint density at radius 1 is 1.05 bits per heavy atom. The Morgan fingerprint density at radius 2 is 1.57 bits per heavy atom. The summed E-state index contributed by atoms with van der Waals surface area (Å²) >= 11 is 0. The monoisotopic (exact) mass is 324 g/mol. The van der Waals surface area contributed by atoms with Gasteiger partial charge < -0.3 is 19.3 Å². The maximum absolute atomic E-state index is 11.7. The van der Waals surface area contributed by atoms with E-state index < -0.39 is 16.8 Å². The first-order valence-corrected chi connectivity index (χ1v) is 8.78. The van der Waals surface area contributed by atoms with Crippen molar-refractivity contribution >= 4 is 16.8 Å². The summed E-state index contributed by atoms with van der Waals surface area (Å²) in [6.45, 7) is 6.99. The van der Waals surface area contributed by atoms with Crippen molar-refractivity contribution in [3.05, 3.63) is 0 Å². The highest BCUT2D eigenvalue weighted by Gasteiger charge is 2.14. The lowest BCUT2D eigenvalue weighted by Crippen LogP contribution is -2.21. The fraction of sp³-hybridized carbons (Fsp3) is 0.929. The molecule has 2 unspecified atom stereocenters. The molecule has 0 heterocycles. The van der Waals surface area contributed by atoms with Crippen LogP contribution in [0.3, 0.4) is 0 Å². The normalized spacial score (nSPS) is 14.0. The van der Waals surface area contributed by atoms with Crippen molar-refractivity contribution < 1.29 is 28.3 Å². The molecule has 1 N–H and O–H groups in total. The van der Waals surface area contributed by atoms with Crippen molar-refractivity contribution in [1.82, 2.24) is 0 Å². The molecule has 0 spiro atoms. The third kappa shape index (κ3) is 14.2. The van der Waals surface area contributed by atoms with E-state index in [0.29, 0.717) is 38.8 Å². The number of carboxylic acids is 1. The molecule has 0 aromatic heterocycles. The van der Waals surface area contributed by atoms with Gasteiger partial charge in [0, 0.05) is 28.4 Å². The topological polar surface area (TPSA) is 82.1 Å². The largest absolute Gasteiger partial charge is 0.481 e. The first kappa shape index (κ1) is 20.5. The number of hydrogen-bond acceptors (Lipinski definition) is 5. The lowest BCUT2D eigenvalue weighted by Gasteiger charge is -2.09. The van der Waals surface area contributed by atoms with Gasteiger partial charge >= 0.3 is 5.97 Å². The molecule has 0 saturated heterocycles. The first-order chi connectivity index (χ1) is 10.1. The molecule has 0 rings (SSSR count). The zero-order valence-corrected chi connectivity index (χ0v) is 13.9. The second-order valence-corrected chi connectivity index (χ2v) is 6.66. The van der Waals surface area contributed by atoms with Gasteiger partial charge in [-0.2, -0.15) is 0 Å². The zero-order chi connectivity index (χ0) is 15.9. The highest BCUT2D eigenvalue weighted by Crippen LogP contribution is 2.01. The number of ether oxygens (including phenoxy) is 3. The molecule has 126 valence electrons. The summed E-state index contributed by atoms with van der Waals surface area (Å²) in [7, 11) is -1.17. The molecular formula is C14H28O6S. The van der Waals surface area contributed by atoms with Gasteiger partial charge in [-0.1, -0.05) is 20.3 Å². The van der Waals surface area contributed by atoms with Crippen LogP contribution in [0.1, 0.15) is 33.1 Å². The van der Waals surface area contributed by atoms with Gasteiger partial charge in [-0.05, 0) is 6.42 Å². The van der Waals surface area contributed by atoms with E-state index in [-0.39, 0.29) is 11.7 Å². The lowest BCUT2D eigenvalue weighted by atomic mass is 10.3. The van der Waals surface area contributed by atoms with E-state index in [1.807, 2.05) is 0 Å². The third-order valence-electron chi connectivity index (χ3n) is 2.73. The van der Waals surface area contributed by atoms with Crippen molar-refractivity contribution in [2.24, 2.45) is 0 Å². The highest BCUT2D eigenvalue weighted by molar-refractivity contribution is 7.85. The minimum atomic E-state index is -1.17. The maximum Gasteiger partial charge on any atom is 0.304 e. The standard InChI is InChI=1S/C14H28O6S/c1-3-4-5-18-6-7-19-8-9-20-10-11-21(17)13(2)12-14(15)16/h13H,3-12H2,1-2H3,(H,15,16). The van der Waals surface area contributed by atoms with E-state index in [4.69, 9.17) is 19.3 Å². The molecule has 2 atom stereocenters. The fourth-order valence-electron chi connectivity index (χ4n) is 1.47.